The molecule has 0 atom stereocenters. The number of nitrogens with one attached hydrogen (secondary N) is 1. The number of benzene rings is 1. The summed E-state index contributed by atoms with van der Waals surface area (Å²) in [5, 5.41) is 4.71. The molecule has 0 fully saturated rings. The summed E-state index contributed by atoms with van der Waals surface area (Å²) in [6, 6.07) is 13.1. The Morgan fingerprint density at radius 3 is 2.86 bits per heavy atom. The maximum absolute atomic E-state index is 11.7. The van der Waals surface area contributed by atoms with Gasteiger partial charge in [0.2, 0.25) is 5.89 Å². The molecule has 0 unspecified atom stereocenters. The van der Waals surface area contributed by atoms with Gasteiger partial charge < -0.3 is 14.5 Å². The van der Waals surface area contributed by atoms with Crippen molar-refractivity contribution in [1.29, 1.82) is 0 Å². The monoisotopic (exact) mass is 314 g/mol. The molecular weight excluding hydrogens is 300 g/mol. The Bertz CT molecular complexity index is 723. The molecule has 0 aliphatic rings. The molecular formula is C16H14N2O3S. The van der Waals surface area contributed by atoms with E-state index in [1.165, 1.54) is 0 Å². The summed E-state index contributed by atoms with van der Waals surface area (Å²) in [5.41, 5.74) is 0.677. The Labute approximate surface area is 131 Å². The van der Waals surface area contributed by atoms with Crippen LogP contribution in [0, 0.1) is 0 Å². The van der Waals surface area contributed by atoms with E-state index in [0.29, 0.717) is 23.9 Å². The number of carbonyl (C=O) groups excluding carboxylic acids is 1. The number of oxazole rings is 1. The Morgan fingerprint density at radius 1 is 1.23 bits per heavy atom. The molecule has 5 nitrogen and oxygen atoms in total. The summed E-state index contributed by atoms with van der Waals surface area (Å²) in [5.74, 6) is 1.03. The van der Waals surface area contributed by atoms with Gasteiger partial charge in [0.1, 0.15) is 12.0 Å². The fraction of sp³-hybridized carbons (Fsp3) is 0.125. The number of hydrogen-bond donors (Lipinski definition) is 1. The normalized spacial score (nSPS) is 10.4. The fourth-order valence-corrected chi connectivity index (χ4v) is 2.46. The van der Waals surface area contributed by atoms with Gasteiger partial charge in [-0.25, -0.2) is 4.98 Å². The number of rotatable bonds is 6. The van der Waals surface area contributed by atoms with Gasteiger partial charge >= 0.3 is 0 Å². The molecule has 1 amide bonds. The van der Waals surface area contributed by atoms with Gasteiger partial charge in [-0.05, 0) is 23.6 Å². The van der Waals surface area contributed by atoms with Crippen molar-refractivity contribution in [3.8, 4) is 16.5 Å². The van der Waals surface area contributed by atoms with Gasteiger partial charge in [-0.3, -0.25) is 4.79 Å². The summed E-state index contributed by atoms with van der Waals surface area (Å²) in [6.45, 7) is 0.283. The lowest BCUT2D eigenvalue weighted by Crippen LogP contribution is -2.28. The second kappa shape index (κ2) is 6.91. The highest BCUT2D eigenvalue weighted by molar-refractivity contribution is 7.13. The van der Waals surface area contributed by atoms with Crippen LogP contribution in [-0.2, 0) is 11.3 Å². The molecule has 0 saturated heterocycles. The van der Waals surface area contributed by atoms with Gasteiger partial charge in [-0.2, -0.15) is 0 Å². The van der Waals surface area contributed by atoms with Crippen molar-refractivity contribution in [1.82, 2.24) is 10.3 Å². The van der Waals surface area contributed by atoms with Gasteiger partial charge in [-0.15, -0.1) is 11.3 Å². The molecule has 2 heterocycles. The number of aromatic nitrogens is 1. The minimum atomic E-state index is -0.204. The molecule has 0 saturated carbocycles. The number of para-hydroxylation sites is 1. The zero-order valence-corrected chi connectivity index (χ0v) is 12.5. The Morgan fingerprint density at radius 2 is 2.09 bits per heavy atom. The molecule has 3 rings (SSSR count). The highest BCUT2D eigenvalue weighted by Gasteiger charge is 2.09. The van der Waals surface area contributed by atoms with Crippen molar-refractivity contribution in [3.05, 3.63) is 59.8 Å². The Balaban J connectivity index is 1.47. The lowest BCUT2D eigenvalue weighted by molar-refractivity contribution is -0.123. The van der Waals surface area contributed by atoms with Crippen LogP contribution in [0.5, 0.6) is 5.75 Å². The molecule has 0 spiro atoms. The molecule has 1 N–H and O–H groups in total. The maximum atomic E-state index is 11.7. The molecule has 0 aliphatic carbocycles. The largest absolute Gasteiger partial charge is 0.484 e. The van der Waals surface area contributed by atoms with Crippen LogP contribution in [-0.4, -0.2) is 17.5 Å². The number of hydrogen-bond acceptors (Lipinski definition) is 5. The Hall–Kier alpha value is -2.60. The van der Waals surface area contributed by atoms with Crippen molar-refractivity contribution >= 4 is 17.2 Å². The molecule has 0 aliphatic heterocycles. The molecule has 1 aromatic carbocycles. The third-order valence-corrected chi connectivity index (χ3v) is 3.72. The van der Waals surface area contributed by atoms with E-state index >= 15 is 0 Å². The molecule has 6 heteroatoms. The zero-order chi connectivity index (χ0) is 15.2. The second-order valence-electron chi connectivity index (χ2n) is 4.50. The summed E-state index contributed by atoms with van der Waals surface area (Å²) in [4.78, 5) is 17.0. The number of amides is 1. The Kier molecular flexibility index (Phi) is 4.50. The number of carbonyl (C=O) groups is 1. The zero-order valence-electron chi connectivity index (χ0n) is 11.7. The first-order chi connectivity index (χ1) is 10.8. The van der Waals surface area contributed by atoms with Crippen LogP contribution in [0.1, 0.15) is 5.69 Å². The van der Waals surface area contributed by atoms with E-state index in [1.807, 2.05) is 35.7 Å². The lowest BCUT2D eigenvalue weighted by atomic mass is 10.3. The van der Waals surface area contributed by atoms with Gasteiger partial charge in [0.25, 0.3) is 5.91 Å². The van der Waals surface area contributed by atoms with E-state index in [2.05, 4.69) is 10.3 Å². The van der Waals surface area contributed by atoms with Gasteiger partial charge in [0, 0.05) is 0 Å². The van der Waals surface area contributed by atoms with Crippen LogP contribution in [0.25, 0.3) is 10.8 Å². The van der Waals surface area contributed by atoms with Crippen LogP contribution in [0.15, 0.2) is 58.5 Å². The molecule has 0 bridgehead atoms. The smallest absolute Gasteiger partial charge is 0.258 e. The minimum absolute atomic E-state index is 0.0281. The van der Waals surface area contributed by atoms with Crippen LogP contribution < -0.4 is 10.1 Å². The van der Waals surface area contributed by atoms with Crippen molar-refractivity contribution in [2.24, 2.45) is 0 Å². The predicted octanol–water partition coefficient (Wildman–Crippen LogP) is 3.10. The standard InChI is InChI=1S/C16H14N2O3S/c19-15(11-20-13-5-2-1-3-6-13)17-9-12-10-21-16(18-12)14-7-4-8-22-14/h1-8,10H,9,11H2,(H,17,19). The van der Waals surface area contributed by atoms with Crippen molar-refractivity contribution in [3.63, 3.8) is 0 Å². The van der Waals surface area contributed by atoms with Crippen LogP contribution in [0.4, 0.5) is 0 Å². The van der Waals surface area contributed by atoms with E-state index in [4.69, 9.17) is 9.15 Å². The summed E-state index contributed by atoms with van der Waals surface area (Å²) < 4.78 is 10.8. The number of nitrogens with zero attached hydrogens (tertiary/aromatic N) is 1. The van der Waals surface area contributed by atoms with Crippen molar-refractivity contribution < 1.29 is 13.9 Å². The topological polar surface area (TPSA) is 64.4 Å². The lowest BCUT2D eigenvalue weighted by Gasteiger charge is -2.05. The van der Waals surface area contributed by atoms with Crippen LogP contribution in [0.3, 0.4) is 0 Å². The molecule has 112 valence electrons. The molecule has 2 aromatic heterocycles. The molecule has 3 aromatic rings. The van der Waals surface area contributed by atoms with Gasteiger partial charge in [0.05, 0.1) is 17.1 Å². The summed E-state index contributed by atoms with van der Waals surface area (Å²) >= 11 is 1.56. The van der Waals surface area contributed by atoms with E-state index < -0.39 is 0 Å². The highest BCUT2D eigenvalue weighted by atomic mass is 32.1. The van der Waals surface area contributed by atoms with Crippen LogP contribution >= 0.6 is 11.3 Å². The quantitative estimate of drug-likeness (QED) is 0.759. The van der Waals surface area contributed by atoms with E-state index in [1.54, 1.807) is 29.7 Å². The number of thiophene rings is 1. The molecule has 22 heavy (non-hydrogen) atoms. The van der Waals surface area contributed by atoms with Crippen LogP contribution in [0.2, 0.25) is 0 Å². The molecule has 0 radical (unpaired) electrons. The number of ether oxygens (including phenoxy) is 1. The third kappa shape index (κ3) is 3.73. The van der Waals surface area contributed by atoms with E-state index in [9.17, 15) is 4.79 Å². The predicted molar refractivity (Wildman–Crippen MR) is 83.6 cm³/mol. The first-order valence-electron chi connectivity index (χ1n) is 6.74. The first-order valence-corrected chi connectivity index (χ1v) is 7.62. The SMILES string of the molecule is O=C(COc1ccccc1)NCc1coc(-c2cccs2)n1. The van der Waals surface area contributed by atoms with Crippen molar-refractivity contribution in [2.45, 2.75) is 6.54 Å². The average Bonchev–Trinajstić information content (AvgIpc) is 3.22. The van der Waals surface area contributed by atoms with E-state index in [0.717, 1.165) is 4.88 Å². The van der Waals surface area contributed by atoms with E-state index in [-0.39, 0.29) is 12.5 Å². The van der Waals surface area contributed by atoms with Crippen molar-refractivity contribution in [2.75, 3.05) is 6.61 Å². The summed E-state index contributed by atoms with van der Waals surface area (Å²) in [6.07, 6.45) is 1.55. The average molecular weight is 314 g/mol. The van der Waals surface area contributed by atoms with Gasteiger partial charge in [0.15, 0.2) is 6.61 Å². The summed E-state index contributed by atoms with van der Waals surface area (Å²) in [7, 11) is 0. The van der Waals surface area contributed by atoms with Gasteiger partial charge in [-0.1, -0.05) is 24.3 Å². The highest BCUT2D eigenvalue weighted by Crippen LogP contribution is 2.23. The maximum Gasteiger partial charge on any atom is 0.258 e. The second-order valence-corrected chi connectivity index (χ2v) is 5.45. The minimum Gasteiger partial charge on any atom is -0.484 e. The first kappa shape index (κ1) is 14.3. The fourth-order valence-electron chi connectivity index (χ4n) is 1.81. The third-order valence-electron chi connectivity index (χ3n) is 2.86.